The van der Waals surface area contributed by atoms with Crippen LogP contribution in [0.5, 0.6) is 0 Å². The normalized spacial score (nSPS) is 12.3. The van der Waals surface area contributed by atoms with Gasteiger partial charge in [-0.1, -0.05) is 13.8 Å². The summed E-state index contributed by atoms with van der Waals surface area (Å²) in [5, 5.41) is 26.7. The number of carbonyl (C=O) groups excluding carboxylic acids is 3. The number of nitro groups is 1. The molecule has 0 bridgehead atoms. The summed E-state index contributed by atoms with van der Waals surface area (Å²) in [5.74, 6) is -3.60. The van der Waals surface area contributed by atoms with E-state index >= 15 is 0 Å². The van der Waals surface area contributed by atoms with Crippen LogP contribution in [-0.4, -0.2) is 28.7 Å². The van der Waals surface area contributed by atoms with Crippen molar-refractivity contribution in [1.29, 1.82) is 0 Å². The molecule has 0 radical (unpaired) electrons. The van der Waals surface area contributed by atoms with Crippen LogP contribution in [0.15, 0.2) is 52.8 Å². The lowest BCUT2D eigenvalue weighted by Crippen LogP contribution is -2.52. The molecular formula is C19H18N3O7-. The maximum absolute atomic E-state index is 12.6. The van der Waals surface area contributed by atoms with Gasteiger partial charge in [0.15, 0.2) is 5.76 Å². The first kappa shape index (κ1) is 21.4. The van der Waals surface area contributed by atoms with Gasteiger partial charge in [0, 0.05) is 12.1 Å². The average Bonchev–Trinajstić information content (AvgIpc) is 3.20. The van der Waals surface area contributed by atoms with Crippen LogP contribution in [0.1, 0.15) is 30.0 Å². The number of nitrogens with one attached hydrogen (secondary N) is 2. The smallest absolute Gasteiger partial charge is 0.291 e. The molecule has 1 aromatic heterocycles. The average molecular weight is 400 g/mol. The molecule has 1 heterocycles. The summed E-state index contributed by atoms with van der Waals surface area (Å²) in [6.07, 6.45) is 2.53. The lowest BCUT2D eigenvalue weighted by molar-refractivity contribution is -0.384. The Hall–Kier alpha value is -3.95. The molecule has 2 N–H and O–H groups in total. The first-order valence-corrected chi connectivity index (χ1v) is 8.51. The molecule has 1 aromatic carbocycles. The summed E-state index contributed by atoms with van der Waals surface area (Å²) < 4.78 is 4.98. The Morgan fingerprint density at radius 2 is 1.79 bits per heavy atom. The van der Waals surface area contributed by atoms with Gasteiger partial charge in [0.2, 0.25) is 0 Å². The monoisotopic (exact) mass is 400 g/mol. The largest absolute Gasteiger partial charge is 0.548 e. The minimum atomic E-state index is -1.47. The summed E-state index contributed by atoms with van der Waals surface area (Å²) in [6.45, 7) is 3.17. The van der Waals surface area contributed by atoms with E-state index in [1.807, 2.05) is 0 Å². The van der Waals surface area contributed by atoms with Crippen molar-refractivity contribution >= 4 is 29.5 Å². The second-order valence-electron chi connectivity index (χ2n) is 6.35. The van der Waals surface area contributed by atoms with Gasteiger partial charge in [-0.25, -0.2) is 0 Å². The zero-order valence-corrected chi connectivity index (χ0v) is 15.6. The molecule has 0 saturated heterocycles. The molecule has 0 saturated carbocycles. The van der Waals surface area contributed by atoms with Gasteiger partial charge in [0.25, 0.3) is 17.5 Å². The fourth-order valence-electron chi connectivity index (χ4n) is 2.33. The molecule has 2 amide bonds. The summed E-state index contributed by atoms with van der Waals surface area (Å²) in [7, 11) is 0. The third-order valence-corrected chi connectivity index (χ3v) is 3.86. The van der Waals surface area contributed by atoms with E-state index in [9.17, 15) is 29.6 Å². The molecule has 152 valence electrons. The molecule has 0 spiro atoms. The highest BCUT2D eigenvalue weighted by Gasteiger charge is 2.22. The maximum Gasteiger partial charge on any atom is 0.291 e. The lowest BCUT2D eigenvalue weighted by Gasteiger charge is -2.24. The van der Waals surface area contributed by atoms with Crippen molar-refractivity contribution in [2.24, 2.45) is 5.92 Å². The maximum atomic E-state index is 12.6. The number of carboxylic acids is 1. The highest BCUT2D eigenvalue weighted by atomic mass is 16.6. The Morgan fingerprint density at radius 3 is 2.28 bits per heavy atom. The molecule has 0 aliphatic rings. The number of aliphatic carboxylic acids is 1. The van der Waals surface area contributed by atoms with Crippen LogP contribution in [0.4, 0.5) is 5.69 Å². The van der Waals surface area contributed by atoms with E-state index in [1.165, 1.54) is 48.7 Å². The number of carbonyl (C=O) groups is 3. The number of benzene rings is 1. The van der Waals surface area contributed by atoms with Crippen molar-refractivity contribution < 1.29 is 28.8 Å². The fourth-order valence-corrected chi connectivity index (χ4v) is 2.33. The molecule has 2 rings (SSSR count). The third-order valence-electron chi connectivity index (χ3n) is 3.86. The van der Waals surface area contributed by atoms with Crippen LogP contribution < -0.4 is 15.7 Å². The quantitative estimate of drug-likeness (QED) is 0.378. The second-order valence-corrected chi connectivity index (χ2v) is 6.35. The van der Waals surface area contributed by atoms with Crippen molar-refractivity contribution in [3.05, 3.63) is 69.8 Å². The van der Waals surface area contributed by atoms with Gasteiger partial charge in [-0.3, -0.25) is 19.7 Å². The third kappa shape index (κ3) is 5.76. The number of amides is 2. The Balaban J connectivity index is 2.33. The Labute approximate surface area is 165 Å². The number of non-ortho nitro benzene ring substituents is 1. The summed E-state index contributed by atoms with van der Waals surface area (Å²) in [6, 6.07) is 6.80. The standard InChI is InChI=1S/C19H19N3O7/c1-11(2)16(19(25)26)21-17(23)14(20-18(24)15-4-3-9-29-15)10-12-5-7-13(8-6-12)22(27)28/h3-11,16H,1-2H3,(H,20,24)(H,21,23)(H,25,26)/p-1/b14-10+/t16-/m1/s1. The van der Waals surface area contributed by atoms with E-state index in [2.05, 4.69) is 10.6 Å². The first-order chi connectivity index (χ1) is 13.7. The molecule has 10 heteroatoms. The zero-order chi connectivity index (χ0) is 21.6. The number of nitro benzene ring substituents is 1. The highest BCUT2D eigenvalue weighted by Crippen LogP contribution is 2.15. The molecule has 0 fully saturated rings. The van der Waals surface area contributed by atoms with Crippen molar-refractivity contribution in [1.82, 2.24) is 10.6 Å². The number of rotatable bonds is 8. The topological polar surface area (TPSA) is 155 Å². The van der Waals surface area contributed by atoms with Crippen LogP contribution >= 0.6 is 0 Å². The number of nitrogens with zero attached hydrogens (tertiary/aromatic N) is 1. The van der Waals surface area contributed by atoms with Gasteiger partial charge >= 0.3 is 0 Å². The van der Waals surface area contributed by atoms with E-state index in [0.29, 0.717) is 5.56 Å². The lowest BCUT2D eigenvalue weighted by atomic mass is 10.0. The van der Waals surface area contributed by atoms with Gasteiger partial charge < -0.3 is 25.0 Å². The molecule has 0 aliphatic carbocycles. The first-order valence-electron chi connectivity index (χ1n) is 8.51. The minimum absolute atomic E-state index is 0.0623. The summed E-state index contributed by atoms with van der Waals surface area (Å²) in [4.78, 5) is 46.3. The van der Waals surface area contributed by atoms with Crippen LogP contribution in [-0.2, 0) is 9.59 Å². The summed E-state index contributed by atoms with van der Waals surface area (Å²) in [5.41, 5.74) is -0.0493. The van der Waals surface area contributed by atoms with Gasteiger partial charge in [-0.15, -0.1) is 0 Å². The van der Waals surface area contributed by atoms with Crippen molar-refractivity contribution in [2.45, 2.75) is 19.9 Å². The molecule has 0 aliphatic heterocycles. The molecule has 2 aromatic rings. The second kappa shape index (κ2) is 9.31. The molecule has 0 unspecified atom stereocenters. The number of hydrogen-bond donors (Lipinski definition) is 2. The zero-order valence-electron chi connectivity index (χ0n) is 15.6. The number of carboxylic acid groups (broad SMARTS) is 1. The summed E-state index contributed by atoms with van der Waals surface area (Å²) >= 11 is 0. The predicted molar refractivity (Wildman–Crippen MR) is 99.0 cm³/mol. The van der Waals surface area contributed by atoms with Crippen molar-refractivity contribution in [2.75, 3.05) is 0 Å². The van der Waals surface area contributed by atoms with Crippen LogP contribution in [0.25, 0.3) is 6.08 Å². The van der Waals surface area contributed by atoms with Gasteiger partial charge in [0.1, 0.15) is 5.70 Å². The Kier molecular flexibility index (Phi) is 6.85. The van der Waals surface area contributed by atoms with Gasteiger partial charge in [-0.2, -0.15) is 0 Å². The van der Waals surface area contributed by atoms with Crippen molar-refractivity contribution in [3.8, 4) is 0 Å². The predicted octanol–water partition coefficient (Wildman–Crippen LogP) is 0.849. The fraction of sp³-hybridized carbons (Fsp3) is 0.211. The van der Waals surface area contributed by atoms with Crippen LogP contribution in [0.3, 0.4) is 0 Å². The van der Waals surface area contributed by atoms with Gasteiger partial charge in [0.05, 0.1) is 23.2 Å². The van der Waals surface area contributed by atoms with Gasteiger partial charge in [-0.05, 0) is 41.8 Å². The van der Waals surface area contributed by atoms with E-state index < -0.39 is 34.7 Å². The number of furan rings is 1. The van der Waals surface area contributed by atoms with E-state index in [0.717, 1.165) is 0 Å². The number of hydrogen-bond acceptors (Lipinski definition) is 7. The van der Waals surface area contributed by atoms with Crippen LogP contribution in [0.2, 0.25) is 0 Å². The van der Waals surface area contributed by atoms with Crippen LogP contribution in [0, 0.1) is 16.0 Å². The molecule has 10 nitrogen and oxygen atoms in total. The molecule has 29 heavy (non-hydrogen) atoms. The minimum Gasteiger partial charge on any atom is -0.548 e. The molecule has 1 atom stereocenters. The highest BCUT2D eigenvalue weighted by molar-refractivity contribution is 6.05. The van der Waals surface area contributed by atoms with E-state index in [1.54, 1.807) is 13.8 Å². The molecular weight excluding hydrogens is 382 g/mol. The van der Waals surface area contributed by atoms with E-state index in [-0.39, 0.29) is 17.1 Å². The SMILES string of the molecule is CC(C)[C@@H](NC(=O)/C(=C\c1ccc([N+](=O)[O-])cc1)NC(=O)c1ccco1)C(=O)[O-]. The Bertz CT molecular complexity index is 931. The van der Waals surface area contributed by atoms with E-state index in [4.69, 9.17) is 4.42 Å². The van der Waals surface area contributed by atoms with Crippen molar-refractivity contribution in [3.63, 3.8) is 0 Å². The Morgan fingerprint density at radius 1 is 1.14 bits per heavy atom.